The number of nitrogens with zero attached hydrogens (tertiary/aromatic N) is 3. The van der Waals surface area contributed by atoms with Crippen LogP contribution in [0.4, 0.5) is 0 Å². The van der Waals surface area contributed by atoms with Crippen molar-refractivity contribution >= 4 is 66.7 Å². The molecule has 3 aromatic heterocycles. The van der Waals surface area contributed by atoms with Crippen LogP contribution in [-0.4, -0.2) is 27.7 Å². The number of hydrogen-bond donors (Lipinski definition) is 1. The molecule has 1 N–H and O–H groups in total. The van der Waals surface area contributed by atoms with E-state index in [1.165, 1.54) is 26.4 Å². The van der Waals surface area contributed by atoms with E-state index < -0.39 is 8.07 Å². The van der Waals surface area contributed by atoms with Crippen LogP contribution in [0.15, 0.2) is 146 Å². The Balaban J connectivity index is 0.00000518. The molecule has 0 aliphatic carbocycles. The Morgan fingerprint density at radius 2 is 1.27 bits per heavy atom. The van der Waals surface area contributed by atoms with E-state index in [4.69, 9.17) is 9.97 Å². The maximum atomic E-state index is 12.5. The fraction of sp³-hybridized carbons (Fsp3) is 0.193. The molecule has 10 aromatic rings. The minimum atomic E-state index is -1.44. The first-order valence-corrected chi connectivity index (χ1v) is 26.2. The number of aromatic nitrogens is 3. The van der Waals surface area contributed by atoms with Gasteiger partial charge < -0.3 is 5.11 Å². The van der Waals surface area contributed by atoms with Crippen LogP contribution in [0, 0.1) is 6.07 Å². The summed E-state index contributed by atoms with van der Waals surface area (Å²) in [5.41, 5.74) is 12.5. The number of thiophene rings is 1. The fourth-order valence-electron chi connectivity index (χ4n) is 9.04. The molecule has 0 aliphatic rings. The number of para-hydroxylation sites is 2. The van der Waals surface area contributed by atoms with Crippen molar-refractivity contribution in [1.29, 1.82) is 0 Å². The number of aromatic hydroxyl groups is 1. The van der Waals surface area contributed by atoms with Gasteiger partial charge in [0.2, 0.25) is 0 Å². The van der Waals surface area contributed by atoms with E-state index in [0.29, 0.717) is 11.4 Å². The van der Waals surface area contributed by atoms with E-state index in [-0.39, 0.29) is 37.6 Å². The Hall–Kier alpha value is -5.65. The van der Waals surface area contributed by atoms with Crippen LogP contribution < -0.4 is 5.19 Å². The van der Waals surface area contributed by atoms with Crippen LogP contribution in [-0.2, 0) is 31.9 Å². The van der Waals surface area contributed by atoms with Gasteiger partial charge in [0.05, 0.1) is 30.4 Å². The summed E-state index contributed by atoms with van der Waals surface area (Å²) in [7, 11) is -1.44. The molecule has 0 spiro atoms. The first kappa shape index (κ1) is 43.6. The van der Waals surface area contributed by atoms with Crippen LogP contribution in [0.25, 0.3) is 92.6 Å². The molecule has 0 saturated heterocycles. The van der Waals surface area contributed by atoms with Crippen LogP contribution in [0.1, 0.15) is 52.7 Å². The van der Waals surface area contributed by atoms with Gasteiger partial charge in [-0.05, 0) is 62.0 Å². The largest absolute Gasteiger partial charge is 0.507 e. The topological polar surface area (TPSA) is 50.9 Å². The monoisotopic (exact) mass is 1050 g/mol. The summed E-state index contributed by atoms with van der Waals surface area (Å²) >= 11 is 1.81. The molecule has 0 saturated carbocycles. The zero-order valence-corrected chi connectivity index (χ0v) is 42.0. The number of hydrogen-bond acceptors (Lipinski definition) is 4. The smallest absolute Gasteiger partial charge is 0.148 e. The van der Waals surface area contributed by atoms with Gasteiger partial charge in [0.15, 0.2) is 0 Å². The summed E-state index contributed by atoms with van der Waals surface area (Å²) in [6, 6.07) is 53.9. The standard InChI is InChI=1S/C57H52N3OSSi.Pt/c1-56(2,3)37-32-46(52(61)47(33-37)57(4,5)6)55-59-50-42(23-17-25-49(50)60(55)48-24-16-15-20-39(48)35-18-11-10-12-19-35)44-34-45-51-54(62-53(45)43-22-14-13-21-41(43)44)40(30-31-58-51)36-26-28-38(29-27-36)63(7,8)9;/h10-33,61H,1-9H3;/q-1;. The molecule has 7 aromatic carbocycles. The molecule has 0 bridgehead atoms. The van der Waals surface area contributed by atoms with Crippen molar-refractivity contribution in [3.8, 4) is 56.2 Å². The van der Waals surface area contributed by atoms with E-state index in [2.05, 4.69) is 211 Å². The van der Waals surface area contributed by atoms with Gasteiger partial charge in [-0.1, -0.05) is 203 Å². The molecular formula is C57H52N3OPtSSi-. The maximum absolute atomic E-state index is 12.5. The van der Waals surface area contributed by atoms with E-state index in [1.54, 1.807) is 11.3 Å². The predicted molar refractivity (Wildman–Crippen MR) is 272 cm³/mol. The molecule has 10 rings (SSSR count). The van der Waals surface area contributed by atoms with Gasteiger partial charge in [0, 0.05) is 48.6 Å². The van der Waals surface area contributed by atoms with Crippen LogP contribution >= 0.6 is 11.3 Å². The van der Waals surface area contributed by atoms with E-state index in [0.717, 1.165) is 71.1 Å². The van der Waals surface area contributed by atoms with E-state index >= 15 is 0 Å². The van der Waals surface area contributed by atoms with Crippen molar-refractivity contribution in [3.05, 3.63) is 163 Å². The van der Waals surface area contributed by atoms with Crippen molar-refractivity contribution in [2.75, 3.05) is 0 Å². The van der Waals surface area contributed by atoms with E-state index in [1.807, 2.05) is 6.20 Å². The van der Waals surface area contributed by atoms with Crippen LogP contribution in [0.3, 0.4) is 0 Å². The molecule has 3 heterocycles. The predicted octanol–water partition coefficient (Wildman–Crippen LogP) is 15.3. The van der Waals surface area contributed by atoms with Gasteiger partial charge >= 0.3 is 0 Å². The minimum absolute atomic E-state index is 0. The fourth-order valence-corrected chi connectivity index (χ4v) is 11.5. The summed E-state index contributed by atoms with van der Waals surface area (Å²) in [5, 5.41) is 17.2. The number of fused-ring (bicyclic) bond motifs is 6. The normalized spacial score (nSPS) is 12.4. The molecule has 7 heteroatoms. The van der Waals surface area contributed by atoms with Crippen molar-refractivity contribution in [2.24, 2.45) is 0 Å². The Bertz CT molecular complexity index is 3400. The van der Waals surface area contributed by atoms with Gasteiger partial charge in [0.1, 0.15) is 11.6 Å². The second-order valence-corrected chi connectivity index (χ2v) is 26.1. The molecule has 4 nitrogen and oxygen atoms in total. The van der Waals surface area contributed by atoms with Crippen molar-refractivity contribution in [2.45, 2.75) is 72.0 Å². The SMILES string of the molecule is CC(C)(C)c1cc(-c2nc3c(-c4[c-]c5c6nccc(-c7ccc([Si](C)(C)C)cc7)c6sc5c5ccccc45)cccc3n2-c2ccccc2-c2ccccc2)c(O)c(C(C)(C)C)c1.[Pt]. The quantitative estimate of drug-likeness (QED) is 0.133. The van der Waals surface area contributed by atoms with Gasteiger partial charge in [-0.3, -0.25) is 9.55 Å². The Labute approximate surface area is 396 Å². The molecule has 0 radical (unpaired) electrons. The Kier molecular flexibility index (Phi) is 11.0. The Morgan fingerprint density at radius 3 is 1.97 bits per heavy atom. The first-order chi connectivity index (χ1) is 30.1. The second-order valence-electron chi connectivity index (χ2n) is 20.0. The number of imidazole rings is 1. The van der Waals surface area contributed by atoms with Gasteiger partial charge in [-0.2, -0.15) is 11.3 Å². The molecule has 0 amide bonds. The minimum Gasteiger partial charge on any atom is -0.507 e. The molecule has 0 aliphatic heterocycles. The third-order valence-corrected chi connectivity index (χ3v) is 15.8. The number of phenols is 1. The zero-order valence-electron chi connectivity index (χ0n) is 37.9. The van der Waals surface area contributed by atoms with E-state index in [9.17, 15) is 5.11 Å². The summed E-state index contributed by atoms with van der Waals surface area (Å²) in [6.45, 7) is 20.4. The number of benzene rings is 7. The van der Waals surface area contributed by atoms with Crippen LogP contribution in [0.5, 0.6) is 5.75 Å². The van der Waals surface area contributed by atoms with Crippen LogP contribution in [0.2, 0.25) is 19.6 Å². The third-order valence-electron chi connectivity index (χ3n) is 12.5. The summed E-state index contributed by atoms with van der Waals surface area (Å²) in [5.74, 6) is 0.943. The molecule has 0 unspecified atom stereocenters. The number of rotatable bonds is 6. The molecule has 322 valence electrons. The molecule has 0 atom stereocenters. The number of pyridine rings is 1. The number of phenolic OH excluding ortho intramolecular Hbond substituents is 1. The average Bonchev–Trinajstić information content (AvgIpc) is 3.85. The van der Waals surface area contributed by atoms with Gasteiger partial charge in [-0.15, -0.1) is 11.6 Å². The molecule has 64 heavy (non-hydrogen) atoms. The first-order valence-electron chi connectivity index (χ1n) is 21.9. The van der Waals surface area contributed by atoms with Crippen molar-refractivity contribution in [3.63, 3.8) is 0 Å². The summed E-state index contributed by atoms with van der Waals surface area (Å²) in [6.07, 6.45) is 1.95. The van der Waals surface area contributed by atoms with Gasteiger partial charge in [0.25, 0.3) is 0 Å². The van der Waals surface area contributed by atoms with Gasteiger partial charge in [-0.25, -0.2) is 4.98 Å². The molecular weight excluding hydrogens is 998 g/mol. The second kappa shape index (κ2) is 16.1. The summed E-state index contributed by atoms with van der Waals surface area (Å²) in [4.78, 5) is 10.7. The van der Waals surface area contributed by atoms with Crippen molar-refractivity contribution in [1.82, 2.24) is 14.5 Å². The van der Waals surface area contributed by atoms with Crippen molar-refractivity contribution < 1.29 is 26.2 Å². The molecule has 0 fully saturated rings. The third kappa shape index (κ3) is 7.44. The average molecular weight is 1050 g/mol. The zero-order chi connectivity index (χ0) is 44.0. The summed E-state index contributed by atoms with van der Waals surface area (Å²) < 4.78 is 4.60. The maximum Gasteiger partial charge on any atom is 0.148 e. The Morgan fingerprint density at radius 1 is 0.609 bits per heavy atom.